The summed E-state index contributed by atoms with van der Waals surface area (Å²) in [5.74, 6) is -1.26. The van der Waals surface area contributed by atoms with E-state index in [-0.39, 0.29) is 11.5 Å². The maximum absolute atomic E-state index is 12.7. The van der Waals surface area contributed by atoms with Crippen LogP contribution in [0.5, 0.6) is 11.5 Å². The van der Waals surface area contributed by atoms with Crippen LogP contribution in [-0.2, 0) is 4.79 Å². The van der Waals surface area contributed by atoms with E-state index in [0.717, 1.165) is 23.1 Å². The molecular weight excluding hydrogens is 386 g/mol. The quantitative estimate of drug-likeness (QED) is 0.580. The topological polar surface area (TPSA) is 87.1 Å². The number of aromatic hydroxyl groups is 1. The number of ether oxygens (including phenoxy) is 1. The van der Waals surface area contributed by atoms with Crippen molar-refractivity contribution < 1.29 is 24.5 Å². The largest absolute Gasteiger partial charge is 0.507 e. The predicted molar refractivity (Wildman–Crippen MR) is 108 cm³/mol. The molecule has 1 amide bonds. The average molecular weight is 401 g/mol. The monoisotopic (exact) mass is 401 g/mol. The van der Waals surface area contributed by atoms with Crippen molar-refractivity contribution in [3.8, 4) is 11.5 Å². The van der Waals surface area contributed by atoms with Crippen molar-refractivity contribution in [1.29, 1.82) is 0 Å². The van der Waals surface area contributed by atoms with Gasteiger partial charge in [-0.3, -0.25) is 9.69 Å². The van der Waals surface area contributed by atoms with E-state index in [4.69, 9.17) is 22.1 Å². The molecule has 1 aliphatic heterocycles. The van der Waals surface area contributed by atoms with Gasteiger partial charge in [-0.2, -0.15) is 0 Å². The summed E-state index contributed by atoms with van der Waals surface area (Å²) in [5, 5.41) is 18.9. The average Bonchev–Trinajstić information content (AvgIpc) is 2.90. The first kappa shape index (κ1) is 18.9. The van der Waals surface area contributed by atoms with Crippen LogP contribution in [0.4, 0.5) is 5.69 Å². The number of amides is 1. The zero-order chi connectivity index (χ0) is 19.6. The van der Waals surface area contributed by atoms with Crippen LogP contribution in [0.2, 0.25) is 0 Å². The van der Waals surface area contributed by atoms with Crippen LogP contribution in [0.1, 0.15) is 22.8 Å². The van der Waals surface area contributed by atoms with E-state index < -0.39 is 11.7 Å². The van der Waals surface area contributed by atoms with Gasteiger partial charge in [0.05, 0.1) is 17.2 Å². The molecule has 138 valence electrons. The molecule has 27 heavy (non-hydrogen) atoms. The molecule has 0 aliphatic carbocycles. The summed E-state index contributed by atoms with van der Waals surface area (Å²) in [5.41, 5.74) is 0.896. The van der Waals surface area contributed by atoms with Gasteiger partial charge >= 0.3 is 5.97 Å². The summed E-state index contributed by atoms with van der Waals surface area (Å²) in [6.07, 6.45) is 1.72. The highest BCUT2D eigenvalue weighted by Crippen LogP contribution is 2.37. The molecule has 0 radical (unpaired) electrons. The van der Waals surface area contributed by atoms with Crippen LogP contribution in [-0.4, -0.2) is 33.0 Å². The zero-order valence-corrected chi connectivity index (χ0v) is 15.8. The third-order valence-corrected chi connectivity index (χ3v) is 5.05. The number of carbonyl (C=O) groups is 2. The molecule has 1 fully saturated rings. The Morgan fingerprint density at radius 1 is 1.26 bits per heavy atom. The third kappa shape index (κ3) is 3.96. The molecule has 2 aromatic carbocycles. The maximum atomic E-state index is 12.7. The minimum atomic E-state index is -1.25. The number of carboxylic acids is 1. The molecule has 0 aromatic heterocycles. The van der Waals surface area contributed by atoms with Gasteiger partial charge in [0.25, 0.3) is 5.91 Å². The Hall–Kier alpha value is -2.84. The predicted octanol–water partition coefficient (Wildman–Crippen LogP) is 3.89. The molecule has 0 saturated carbocycles. The summed E-state index contributed by atoms with van der Waals surface area (Å²) in [6, 6.07) is 11.2. The Morgan fingerprint density at radius 3 is 2.56 bits per heavy atom. The van der Waals surface area contributed by atoms with Gasteiger partial charge in [0, 0.05) is 6.07 Å². The van der Waals surface area contributed by atoms with Crippen molar-refractivity contribution in [2.75, 3.05) is 11.5 Å². The van der Waals surface area contributed by atoms with E-state index in [9.17, 15) is 14.7 Å². The van der Waals surface area contributed by atoms with Gasteiger partial charge in [-0.05, 0) is 42.8 Å². The lowest BCUT2D eigenvalue weighted by Gasteiger charge is -2.15. The van der Waals surface area contributed by atoms with Crippen molar-refractivity contribution in [2.24, 2.45) is 0 Å². The third-order valence-electron chi connectivity index (χ3n) is 3.75. The van der Waals surface area contributed by atoms with Crippen LogP contribution >= 0.6 is 24.0 Å². The number of benzene rings is 2. The molecule has 1 aliphatic rings. The highest BCUT2D eigenvalue weighted by atomic mass is 32.2. The number of nitrogens with zero attached hydrogens (tertiary/aromatic N) is 1. The number of carbonyl (C=O) groups excluding carboxylic acids is 1. The summed E-state index contributed by atoms with van der Waals surface area (Å²) in [7, 11) is 0. The first-order valence-corrected chi connectivity index (χ1v) is 9.20. The smallest absolute Gasteiger partial charge is 0.339 e. The van der Waals surface area contributed by atoms with Crippen LogP contribution in [0.3, 0.4) is 0 Å². The Morgan fingerprint density at radius 2 is 1.96 bits per heavy atom. The van der Waals surface area contributed by atoms with Gasteiger partial charge in [0.15, 0.2) is 4.32 Å². The van der Waals surface area contributed by atoms with Crippen molar-refractivity contribution in [2.45, 2.75) is 6.92 Å². The summed E-state index contributed by atoms with van der Waals surface area (Å²) >= 11 is 6.43. The van der Waals surface area contributed by atoms with E-state index in [1.807, 2.05) is 31.2 Å². The van der Waals surface area contributed by atoms with E-state index in [1.165, 1.54) is 23.1 Å². The standard InChI is InChI=1S/C19H15NO5S2/c1-2-25-13-6-3-11(4-7-13)9-16-17(22)20(19(26)27-16)12-5-8-14(18(23)24)15(21)10-12/h3-10,21H,2H2,1H3,(H,23,24). The van der Waals surface area contributed by atoms with Crippen molar-refractivity contribution in [3.63, 3.8) is 0 Å². The van der Waals surface area contributed by atoms with Crippen LogP contribution < -0.4 is 9.64 Å². The Balaban J connectivity index is 1.86. The molecule has 0 bridgehead atoms. The minimum Gasteiger partial charge on any atom is -0.507 e. The number of hydrogen-bond acceptors (Lipinski definition) is 6. The van der Waals surface area contributed by atoms with Crippen molar-refractivity contribution in [1.82, 2.24) is 0 Å². The molecule has 3 rings (SSSR count). The summed E-state index contributed by atoms with van der Waals surface area (Å²) < 4.78 is 5.70. The molecule has 1 saturated heterocycles. The fourth-order valence-corrected chi connectivity index (χ4v) is 3.81. The lowest BCUT2D eigenvalue weighted by Crippen LogP contribution is -2.27. The van der Waals surface area contributed by atoms with Crippen molar-refractivity contribution >= 4 is 51.9 Å². The lowest BCUT2D eigenvalue weighted by atomic mass is 10.1. The number of thiocarbonyl (C=S) groups is 1. The number of phenols is 1. The molecule has 6 nitrogen and oxygen atoms in total. The van der Waals surface area contributed by atoms with E-state index in [2.05, 4.69) is 0 Å². The normalized spacial score (nSPS) is 15.4. The van der Waals surface area contributed by atoms with Crippen molar-refractivity contribution in [3.05, 3.63) is 58.5 Å². The second-order valence-corrected chi connectivity index (χ2v) is 7.20. The van der Waals surface area contributed by atoms with E-state index in [0.29, 0.717) is 21.5 Å². The first-order chi connectivity index (χ1) is 12.9. The highest BCUT2D eigenvalue weighted by Gasteiger charge is 2.33. The molecule has 0 unspecified atom stereocenters. The number of rotatable bonds is 5. The maximum Gasteiger partial charge on any atom is 0.339 e. The second-order valence-electron chi connectivity index (χ2n) is 5.53. The molecule has 2 aromatic rings. The summed E-state index contributed by atoms with van der Waals surface area (Å²) in [6.45, 7) is 2.48. The van der Waals surface area contributed by atoms with E-state index >= 15 is 0 Å². The SMILES string of the molecule is CCOc1ccc(C=C2SC(=S)N(c3ccc(C(=O)O)c(O)c3)C2=O)cc1. The fraction of sp³-hybridized carbons (Fsp3) is 0.105. The molecule has 0 atom stereocenters. The van der Waals surface area contributed by atoms with Gasteiger partial charge in [-0.25, -0.2) is 4.79 Å². The molecule has 0 spiro atoms. The number of carboxylic acid groups (broad SMARTS) is 1. The second kappa shape index (κ2) is 7.81. The van der Waals surface area contributed by atoms with Crippen LogP contribution in [0.15, 0.2) is 47.4 Å². The Bertz CT molecular complexity index is 953. The first-order valence-electron chi connectivity index (χ1n) is 7.98. The van der Waals surface area contributed by atoms with Gasteiger partial charge in [-0.1, -0.05) is 36.1 Å². The Labute approximate surface area is 165 Å². The van der Waals surface area contributed by atoms with Gasteiger partial charge in [-0.15, -0.1) is 0 Å². The minimum absolute atomic E-state index is 0.242. The number of anilines is 1. The number of aromatic carboxylic acids is 1. The molecule has 8 heteroatoms. The number of thioether (sulfide) groups is 1. The van der Waals surface area contributed by atoms with Crippen LogP contribution in [0, 0.1) is 0 Å². The summed E-state index contributed by atoms with van der Waals surface area (Å²) in [4.78, 5) is 25.5. The van der Waals surface area contributed by atoms with Crippen LogP contribution in [0.25, 0.3) is 6.08 Å². The zero-order valence-electron chi connectivity index (χ0n) is 14.2. The molecule has 1 heterocycles. The van der Waals surface area contributed by atoms with Gasteiger partial charge < -0.3 is 14.9 Å². The highest BCUT2D eigenvalue weighted by molar-refractivity contribution is 8.27. The lowest BCUT2D eigenvalue weighted by molar-refractivity contribution is -0.113. The molecular formula is C19H15NO5S2. The van der Waals surface area contributed by atoms with Gasteiger partial charge in [0.1, 0.15) is 17.1 Å². The fourth-order valence-electron chi connectivity index (χ4n) is 2.51. The Kier molecular flexibility index (Phi) is 5.48. The van der Waals surface area contributed by atoms with E-state index in [1.54, 1.807) is 6.08 Å². The number of hydrogen-bond donors (Lipinski definition) is 2. The van der Waals surface area contributed by atoms with Gasteiger partial charge in [0.2, 0.25) is 0 Å². The molecule has 2 N–H and O–H groups in total.